The third-order valence-corrected chi connectivity index (χ3v) is 7.64. The molecule has 2 atom stereocenters. The van der Waals surface area contributed by atoms with Gasteiger partial charge in [-0.3, -0.25) is 9.78 Å². The zero-order valence-corrected chi connectivity index (χ0v) is 21.3. The quantitative estimate of drug-likeness (QED) is 0.565. The molecule has 1 unspecified atom stereocenters. The lowest BCUT2D eigenvalue weighted by atomic mass is 9.98. The Morgan fingerprint density at radius 1 is 1.09 bits per heavy atom. The molecule has 3 heterocycles. The first kappa shape index (κ1) is 23.6. The summed E-state index contributed by atoms with van der Waals surface area (Å²) < 4.78 is 5.42. The molecule has 2 aliphatic rings. The van der Waals surface area contributed by atoms with Gasteiger partial charge in [0.1, 0.15) is 0 Å². The Morgan fingerprint density at radius 3 is 2.63 bits per heavy atom. The maximum absolute atomic E-state index is 12.8. The van der Waals surface area contributed by atoms with Crippen LogP contribution in [0.5, 0.6) is 0 Å². The molecule has 2 aromatic carbocycles. The lowest BCUT2D eigenvalue weighted by Gasteiger charge is -2.37. The van der Waals surface area contributed by atoms with Crippen molar-refractivity contribution in [2.45, 2.75) is 40.2 Å². The molecule has 6 heteroatoms. The number of carbonyl (C=O) groups excluding carboxylic acids is 1. The predicted octanol–water partition coefficient (Wildman–Crippen LogP) is 5.02. The van der Waals surface area contributed by atoms with E-state index in [2.05, 4.69) is 73.5 Å². The molecule has 184 valence electrons. The Balaban J connectivity index is 1.36. The van der Waals surface area contributed by atoms with E-state index in [9.17, 15) is 4.79 Å². The number of ether oxygens (including phenoxy) is 1. The predicted molar refractivity (Wildman–Crippen MR) is 142 cm³/mol. The highest BCUT2D eigenvalue weighted by atomic mass is 16.5. The molecule has 0 bridgehead atoms. The minimum absolute atomic E-state index is 0.0455. The van der Waals surface area contributed by atoms with Gasteiger partial charge in [0.2, 0.25) is 5.91 Å². The molecule has 5 rings (SSSR count). The monoisotopic (exact) mass is 472 g/mol. The highest BCUT2D eigenvalue weighted by molar-refractivity contribution is 5.94. The Labute approximate surface area is 208 Å². The number of pyridine rings is 1. The van der Waals surface area contributed by atoms with Gasteiger partial charge in [0.05, 0.1) is 18.0 Å². The Morgan fingerprint density at radius 2 is 1.89 bits per heavy atom. The molecule has 0 aliphatic carbocycles. The van der Waals surface area contributed by atoms with E-state index < -0.39 is 0 Å². The first-order valence-electron chi connectivity index (χ1n) is 12.8. The summed E-state index contributed by atoms with van der Waals surface area (Å²) in [5.41, 5.74) is 8.26. The van der Waals surface area contributed by atoms with Crippen molar-refractivity contribution in [2.24, 2.45) is 5.92 Å². The average Bonchev–Trinajstić information content (AvgIpc) is 3.40. The van der Waals surface area contributed by atoms with E-state index in [-0.39, 0.29) is 17.9 Å². The van der Waals surface area contributed by atoms with Gasteiger partial charge in [0, 0.05) is 61.3 Å². The van der Waals surface area contributed by atoms with Crippen LogP contribution in [0.25, 0.3) is 10.9 Å². The van der Waals surface area contributed by atoms with Crippen molar-refractivity contribution in [1.29, 1.82) is 0 Å². The molecular weight excluding hydrogens is 436 g/mol. The van der Waals surface area contributed by atoms with Gasteiger partial charge in [-0.2, -0.15) is 0 Å². The summed E-state index contributed by atoms with van der Waals surface area (Å²) in [7, 11) is 0. The van der Waals surface area contributed by atoms with Crippen LogP contribution in [0.4, 0.5) is 11.4 Å². The van der Waals surface area contributed by atoms with Crippen LogP contribution in [0.3, 0.4) is 0 Å². The average molecular weight is 473 g/mol. The number of nitrogens with one attached hydrogen (secondary N) is 1. The second kappa shape index (κ2) is 9.86. The van der Waals surface area contributed by atoms with Crippen LogP contribution in [0.2, 0.25) is 0 Å². The first-order valence-corrected chi connectivity index (χ1v) is 12.8. The number of hydrogen-bond acceptors (Lipinski definition) is 5. The van der Waals surface area contributed by atoms with E-state index in [1.54, 1.807) is 0 Å². The van der Waals surface area contributed by atoms with Gasteiger partial charge in [-0.25, -0.2) is 0 Å². The minimum Gasteiger partial charge on any atom is -0.381 e. The van der Waals surface area contributed by atoms with Crippen LogP contribution in [0.15, 0.2) is 42.5 Å². The van der Waals surface area contributed by atoms with Gasteiger partial charge in [0.25, 0.3) is 0 Å². The molecule has 1 aromatic heterocycles. The normalized spacial score (nSPS) is 19.3. The van der Waals surface area contributed by atoms with E-state index in [0.29, 0.717) is 13.2 Å². The Hall–Kier alpha value is -3.12. The zero-order chi connectivity index (χ0) is 24.5. The van der Waals surface area contributed by atoms with Crippen molar-refractivity contribution in [2.75, 3.05) is 49.6 Å². The fraction of sp³-hybridized carbons (Fsp3) is 0.448. The number of aromatic nitrogens is 1. The number of benzene rings is 2. The number of aryl methyl sites for hydroxylation is 2. The van der Waals surface area contributed by atoms with Crippen molar-refractivity contribution in [3.05, 3.63) is 64.8 Å². The van der Waals surface area contributed by atoms with Crippen LogP contribution in [-0.2, 0) is 9.53 Å². The Kier molecular flexibility index (Phi) is 6.65. The van der Waals surface area contributed by atoms with Gasteiger partial charge in [0.15, 0.2) is 0 Å². The summed E-state index contributed by atoms with van der Waals surface area (Å²) in [6, 6.07) is 15.4. The molecule has 0 spiro atoms. The van der Waals surface area contributed by atoms with Crippen molar-refractivity contribution < 1.29 is 9.53 Å². The number of rotatable bonds is 5. The van der Waals surface area contributed by atoms with Crippen LogP contribution >= 0.6 is 0 Å². The molecule has 0 radical (unpaired) electrons. The first-order chi connectivity index (χ1) is 16.9. The molecule has 2 aliphatic heterocycles. The van der Waals surface area contributed by atoms with Gasteiger partial charge in [-0.1, -0.05) is 18.2 Å². The van der Waals surface area contributed by atoms with Gasteiger partial charge < -0.3 is 19.9 Å². The summed E-state index contributed by atoms with van der Waals surface area (Å²) in [5.74, 6) is 0.302. The van der Waals surface area contributed by atoms with E-state index in [1.165, 1.54) is 22.4 Å². The van der Waals surface area contributed by atoms with Crippen molar-refractivity contribution in [3.63, 3.8) is 0 Å². The summed E-state index contributed by atoms with van der Waals surface area (Å²) in [6.07, 6.45) is 0.854. The largest absolute Gasteiger partial charge is 0.381 e. The number of fused-ring (bicyclic) bond motifs is 1. The highest BCUT2D eigenvalue weighted by Gasteiger charge is 2.30. The zero-order valence-electron chi connectivity index (χ0n) is 21.3. The second-order valence-corrected chi connectivity index (χ2v) is 10.0. The second-order valence-electron chi connectivity index (χ2n) is 10.0. The SMILES string of the molecule is Cc1cc(N[C@H](C)c2cccc(C)c2C)c2cc(N3CCN(C(=O)C4CCOC4)CC3)ccc2n1. The molecule has 1 N–H and O–H groups in total. The number of carbonyl (C=O) groups is 1. The van der Waals surface area contributed by atoms with Crippen LogP contribution in [-0.4, -0.2) is 55.2 Å². The third kappa shape index (κ3) is 4.85. The van der Waals surface area contributed by atoms with Crippen molar-refractivity contribution in [1.82, 2.24) is 9.88 Å². The van der Waals surface area contributed by atoms with E-state index in [4.69, 9.17) is 9.72 Å². The summed E-state index contributed by atoms with van der Waals surface area (Å²) >= 11 is 0. The molecule has 2 fully saturated rings. The summed E-state index contributed by atoms with van der Waals surface area (Å²) in [6.45, 7) is 13.1. The van der Waals surface area contributed by atoms with Gasteiger partial charge >= 0.3 is 0 Å². The maximum atomic E-state index is 12.8. The highest BCUT2D eigenvalue weighted by Crippen LogP contribution is 2.32. The molecule has 3 aromatic rings. The fourth-order valence-electron chi connectivity index (χ4n) is 5.39. The fourth-order valence-corrected chi connectivity index (χ4v) is 5.39. The molecule has 35 heavy (non-hydrogen) atoms. The Bertz CT molecular complexity index is 1230. The third-order valence-electron chi connectivity index (χ3n) is 7.64. The van der Waals surface area contributed by atoms with Crippen LogP contribution in [0, 0.1) is 26.7 Å². The van der Waals surface area contributed by atoms with E-state index in [1.807, 2.05) is 11.8 Å². The molecule has 6 nitrogen and oxygen atoms in total. The van der Waals surface area contributed by atoms with E-state index in [0.717, 1.165) is 54.9 Å². The number of hydrogen-bond donors (Lipinski definition) is 1. The molecule has 2 saturated heterocycles. The van der Waals surface area contributed by atoms with E-state index >= 15 is 0 Å². The topological polar surface area (TPSA) is 57.7 Å². The summed E-state index contributed by atoms with van der Waals surface area (Å²) in [4.78, 5) is 22.0. The number of piperazine rings is 1. The minimum atomic E-state index is 0.0455. The van der Waals surface area contributed by atoms with Crippen LogP contribution < -0.4 is 10.2 Å². The van der Waals surface area contributed by atoms with Crippen LogP contribution in [0.1, 0.15) is 41.8 Å². The lowest BCUT2D eigenvalue weighted by Crippen LogP contribution is -2.50. The molecule has 0 saturated carbocycles. The van der Waals surface area contributed by atoms with Gasteiger partial charge in [-0.15, -0.1) is 0 Å². The number of amides is 1. The van der Waals surface area contributed by atoms with Gasteiger partial charge in [-0.05, 0) is 75.1 Å². The number of anilines is 2. The standard InChI is InChI=1S/C29H36N4O2/c1-19-6-5-7-25(21(19)3)22(4)31-28-16-20(2)30-27-9-8-24(17-26(27)28)32-11-13-33(14-12-32)29(34)23-10-15-35-18-23/h5-9,16-17,22-23H,10-15,18H2,1-4H3,(H,30,31)/t22-,23?/m1/s1. The lowest BCUT2D eigenvalue weighted by molar-refractivity contribution is -0.135. The van der Waals surface area contributed by atoms with Crippen molar-refractivity contribution >= 4 is 28.2 Å². The smallest absolute Gasteiger partial charge is 0.228 e. The summed E-state index contributed by atoms with van der Waals surface area (Å²) in [5, 5.41) is 4.90. The molecular formula is C29H36N4O2. The molecule has 1 amide bonds. The van der Waals surface area contributed by atoms with Crippen molar-refractivity contribution in [3.8, 4) is 0 Å². The maximum Gasteiger partial charge on any atom is 0.228 e. The number of nitrogens with zero attached hydrogens (tertiary/aromatic N) is 3.